The molecule has 0 bridgehead atoms. The standard InChI is InChI=1S/C15H22N2O3/c1-10(11-6-8-20-9-7-11)17-15(18)12-4-3-5-13(16)14(12)19-2/h3-5,10-11H,6-9,16H2,1-2H3,(H,17,18). The summed E-state index contributed by atoms with van der Waals surface area (Å²) < 4.78 is 10.6. The Hall–Kier alpha value is -1.75. The summed E-state index contributed by atoms with van der Waals surface area (Å²) in [5.41, 5.74) is 6.77. The van der Waals surface area contributed by atoms with E-state index in [4.69, 9.17) is 15.2 Å². The molecule has 0 radical (unpaired) electrons. The molecule has 1 aromatic rings. The van der Waals surface area contributed by atoms with Gasteiger partial charge in [-0.3, -0.25) is 4.79 Å². The topological polar surface area (TPSA) is 73.6 Å². The summed E-state index contributed by atoms with van der Waals surface area (Å²) in [5, 5.41) is 3.04. The number of nitrogens with two attached hydrogens (primary N) is 1. The maximum absolute atomic E-state index is 12.4. The van der Waals surface area contributed by atoms with Gasteiger partial charge in [-0.1, -0.05) is 6.07 Å². The van der Waals surface area contributed by atoms with E-state index in [0.717, 1.165) is 26.1 Å². The van der Waals surface area contributed by atoms with Crippen LogP contribution < -0.4 is 15.8 Å². The number of hydrogen-bond donors (Lipinski definition) is 2. The second-order valence-corrected chi connectivity index (χ2v) is 5.14. The van der Waals surface area contributed by atoms with Crippen molar-refractivity contribution in [3.05, 3.63) is 23.8 Å². The van der Waals surface area contributed by atoms with Gasteiger partial charge in [0.15, 0.2) is 5.75 Å². The lowest BCUT2D eigenvalue weighted by Crippen LogP contribution is -2.40. The lowest BCUT2D eigenvalue weighted by Gasteiger charge is -2.28. The molecule has 0 spiro atoms. The van der Waals surface area contributed by atoms with Crippen molar-refractivity contribution in [1.82, 2.24) is 5.32 Å². The monoisotopic (exact) mass is 278 g/mol. The molecule has 2 rings (SSSR count). The third kappa shape index (κ3) is 3.22. The van der Waals surface area contributed by atoms with E-state index < -0.39 is 0 Å². The van der Waals surface area contributed by atoms with E-state index in [1.54, 1.807) is 18.2 Å². The Morgan fingerprint density at radius 1 is 1.45 bits per heavy atom. The van der Waals surface area contributed by atoms with Crippen molar-refractivity contribution in [2.24, 2.45) is 5.92 Å². The molecule has 5 nitrogen and oxygen atoms in total. The summed E-state index contributed by atoms with van der Waals surface area (Å²) in [4.78, 5) is 12.4. The van der Waals surface area contributed by atoms with Gasteiger partial charge in [-0.05, 0) is 37.8 Å². The van der Waals surface area contributed by atoms with E-state index in [0.29, 0.717) is 22.9 Å². The Bertz CT molecular complexity index is 470. The highest BCUT2D eigenvalue weighted by Gasteiger charge is 2.23. The van der Waals surface area contributed by atoms with Crippen molar-refractivity contribution in [2.45, 2.75) is 25.8 Å². The molecule has 110 valence electrons. The zero-order valence-corrected chi connectivity index (χ0v) is 12.0. The van der Waals surface area contributed by atoms with Crippen LogP contribution in [0.4, 0.5) is 5.69 Å². The van der Waals surface area contributed by atoms with Gasteiger partial charge in [0.25, 0.3) is 5.91 Å². The van der Waals surface area contributed by atoms with Gasteiger partial charge in [0, 0.05) is 19.3 Å². The SMILES string of the molecule is COc1c(N)cccc1C(=O)NC(C)C1CCOCC1. The predicted octanol–water partition coefficient (Wildman–Crippen LogP) is 1.82. The van der Waals surface area contributed by atoms with Gasteiger partial charge < -0.3 is 20.5 Å². The quantitative estimate of drug-likeness (QED) is 0.824. The zero-order valence-electron chi connectivity index (χ0n) is 12.0. The number of para-hydroxylation sites is 1. The zero-order chi connectivity index (χ0) is 14.5. The van der Waals surface area contributed by atoms with Crippen LogP contribution in [0.2, 0.25) is 0 Å². The minimum absolute atomic E-state index is 0.109. The minimum Gasteiger partial charge on any atom is -0.494 e. The Balaban J connectivity index is 2.06. The summed E-state index contributed by atoms with van der Waals surface area (Å²) in [7, 11) is 1.52. The first kappa shape index (κ1) is 14.7. The smallest absolute Gasteiger partial charge is 0.255 e. The average Bonchev–Trinajstić information content (AvgIpc) is 2.47. The molecule has 0 saturated carbocycles. The van der Waals surface area contributed by atoms with Crippen LogP contribution in [-0.2, 0) is 4.74 Å². The fraction of sp³-hybridized carbons (Fsp3) is 0.533. The normalized spacial score (nSPS) is 17.5. The lowest BCUT2D eigenvalue weighted by molar-refractivity contribution is 0.0538. The van der Waals surface area contributed by atoms with Gasteiger partial charge in [-0.2, -0.15) is 0 Å². The number of carbonyl (C=O) groups excluding carboxylic acids is 1. The lowest BCUT2D eigenvalue weighted by atomic mass is 9.92. The van der Waals surface area contributed by atoms with Gasteiger partial charge in [0.05, 0.1) is 18.4 Å². The molecular weight excluding hydrogens is 256 g/mol. The van der Waals surface area contributed by atoms with Gasteiger partial charge >= 0.3 is 0 Å². The Labute approximate surface area is 119 Å². The van der Waals surface area contributed by atoms with E-state index >= 15 is 0 Å². The number of rotatable bonds is 4. The number of benzene rings is 1. The largest absolute Gasteiger partial charge is 0.494 e. The molecule has 0 aliphatic carbocycles. The Morgan fingerprint density at radius 2 is 2.15 bits per heavy atom. The molecule has 20 heavy (non-hydrogen) atoms. The van der Waals surface area contributed by atoms with Crippen LogP contribution in [-0.4, -0.2) is 32.3 Å². The molecule has 1 aliphatic rings. The summed E-state index contributed by atoms with van der Waals surface area (Å²) in [6, 6.07) is 5.31. The van der Waals surface area contributed by atoms with Crippen LogP contribution in [0.1, 0.15) is 30.1 Å². The highest BCUT2D eigenvalue weighted by molar-refractivity contribution is 5.98. The third-order valence-electron chi connectivity index (χ3n) is 3.83. The van der Waals surface area contributed by atoms with E-state index in [9.17, 15) is 4.79 Å². The fourth-order valence-electron chi connectivity index (χ4n) is 2.58. The first-order valence-electron chi connectivity index (χ1n) is 6.94. The summed E-state index contributed by atoms with van der Waals surface area (Å²) in [6.45, 7) is 3.58. The first-order valence-corrected chi connectivity index (χ1v) is 6.94. The predicted molar refractivity (Wildman–Crippen MR) is 77.9 cm³/mol. The fourth-order valence-corrected chi connectivity index (χ4v) is 2.58. The van der Waals surface area contributed by atoms with Crippen molar-refractivity contribution in [2.75, 3.05) is 26.1 Å². The maximum atomic E-state index is 12.4. The Morgan fingerprint density at radius 3 is 2.80 bits per heavy atom. The van der Waals surface area contributed by atoms with Crippen molar-refractivity contribution >= 4 is 11.6 Å². The summed E-state index contributed by atoms with van der Waals surface area (Å²) in [5.74, 6) is 0.747. The van der Waals surface area contributed by atoms with Crippen molar-refractivity contribution in [3.8, 4) is 5.75 Å². The molecule has 1 atom stereocenters. The number of carbonyl (C=O) groups is 1. The molecule has 1 fully saturated rings. The molecule has 0 aromatic heterocycles. The van der Waals surface area contributed by atoms with Gasteiger partial charge in [-0.15, -0.1) is 0 Å². The molecule has 1 saturated heterocycles. The van der Waals surface area contributed by atoms with Gasteiger partial charge in [0.2, 0.25) is 0 Å². The number of methoxy groups -OCH3 is 1. The van der Waals surface area contributed by atoms with Crippen molar-refractivity contribution < 1.29 is 14.3 Å². The number of hydrogen-bond acceptors (Lipinski definition) is 4. The number of nitrogen functional groups attached to an aromatic ring is 1. The third-order valence-corrected chi connectivity index (χ3v) is 3.83. The van der Waals surface area contributed by atoms with E-state index in [-0.39, 0.29) is 11.9 Å². The van der Waals surface area contributed by atoms with Gasteiger partial charge in [-0.25, -0.2) is 0 Å². The van der Waals surface area contributed by atoms with Gasteiger partial charge in [0.1, 0.15) is 0 Å². The van der Waals surface area contributed by atoms with Crippen LogP contribution in [0.25, 0.3) is 0 Å². The number of ether oxygens (including phenoxy) is 2. The molecule has 1 unspecified atom stereocenters. The van der Waals surface area contributed by atoms with Crippen LogP contribution >= 0.6 is 0 Å². The number of anilines is 1. The van der Waals surface area contributed by atoms with Crippen molar-refractivity contribution in [3.63, 3.8) is 0 Å². The highest BCUT2D eigenvalue weighted by atomic mass is 16.5. The van der Waals surface area contributed by atoms with E-state index in [1.807, 2.05) is 6.92 Å². The highest BCUT2D eigenvalue weighted by Crippen LogP contribution is 2.26. The number of nitrogens with one attached hydrogen (secondary N) is 1. The first-order chi connectivity index (χ1) is 9.63. The molecule has 1 aliphatic heterocycles. The second kappa shape index (κ2) is 6.61. The summed E-state index contributed by atoms with van der Waals surface area (Å²) >= 11 is 0. The molecule has 1 heterocycles. The molecule has 5 heteroatoms. The molecule has 3 N–H and O–H groups in total. The van der Waals surface area contributed by atoms with Crippen LogP contribution in [0.5, 0.6) is 5.75 Å². The Kier molecular flexibility index (Phi) is 4.84. The number of amides is 1. The molecular formula is C15H22N2O3. The minimum atomic E-state index is -0.145. The van der Waals surface area contributed by atoms with Crippen LogP contribution in [0, 0.1) is 5.92 Å². The molecule has 1 amide bonds. The van der Waals surface area contributed by atoms with E-state index in [2.05, 4.69) is 5.32 Å². The molecule has 1 aromatic carbocycles. The second-order valence-electron chi connectivity index (χ2n) is 5.14. The van der Waals surface area contributed by atoms with E-state index in [1.165, 1.54) is 7.11 Å². The van der Waals surface area contributed by atoms with Crippen LogP contribution in [0.15, 0.2) is 18.2 Å². The maximum Gasteiger partial charge on any atom is 0.255 e. The average molecular weight is 278 g/mol. The van der Waals surface area contributed by atoms with Crippen molar-refractivity contribution in [1.29, 1.82) is 0 Å². The van der Waals surface area contributed by atoms with Crippen LogP contribution in [0.3, 0.4) is 0 Å². The summed E-state index contributed by atoms with van der Waals surface area (Å²) in [6.07, 6.45) is 1.96.